The molecule has 0 aliphatic carbocycles. The summed E-state index contributed by atoms with van der Waals surface area (Å²) < 4.78 is 13.9. The molecule has 3 nitrogen and oxygen atoms in total. The molecule has 1 heterocycles. The van der Waals surface area contributed by atoms with Gasteiger partial charge in [-0.2, -0.15) is 0 Å². The van der Waals surface area contributed by atoms with Crippen LogP contribution in [0.15, 0.2) is 42.5 Å². The molecular weight excluding hydrogens is 357 g/mol. The molecule has 0 aromatic heterocycles. The summed E-state index contributed by atoms with van der Waals surface area (Å²) in [5.74, 6) is -0.140. The molecular formula is C19H22ClFN3S+. The zero-order valence-corrected chi connectivity index (χ0v) is 15.8. The maximum absolute atomic E-state index is 13.9. The summed E-state index contributed by atoms with van der Waals surface area (Å²) in [5, 5.41) is 4.57. The third-order valence-corrected chi connectivity index (χ3v) is 5.10. The highest BCUT2D eigenvalue weighted by Crippen LogP contribution is 2.23. The Morgan fingerprint density at radius 2 is 2.12 bits per heavy atom. The number of rotatable bonds is 3. The van der Waals surface area contributed by atoms with Gasteiger partial charge in [0.25, 0.3) is 0 Å². The number of anilines is 1. The number of hydrogen-bond donors (Lipinski definition) is 2. The molecule has 2 aromatic carbocycles. The molecule has 1 fully saturated rings. The first-order valence-corrected chi connectivity index (χ1v) is 9.20. The largest absolute Gasteiger partial charge is 0.331 e. The third-order valence-electron chi connectivity index (χ3n) is 4.42. The van der Waals surface area contributed by atoms with Crippen molar-refractivity contribution >= 4 is 34.6 Å². The van der Waals surface area contributed by atoms with E-state index in [4.69, 9.17) is 23.8 Å². The molecule has 0 radical (unpaired) electrons. The molecule has 1 atom stereocenters. The summed E-state index contributed by atoms with van der Waals surface area (Å²) in [6.07, 6.45) is 1.02. The van der Waals surface area contributed by atoms with Crippen molar-refractivity contribution in [1.29, 1.82) is 0 Å². The first-order chi connectivity index (χ1) is 12.0. The van der Waals surface area contributed by atoms with Gasteiger partial charge in [0.2, 0.25) is 0 Å². The number of nitrogens with one attached hydrogen (secondary N) is 2. The predicted molar refractivity (Wildman–Crippen MR) is 105 cm³/mol. The molecule has 2 aromatic rings. The minimum absolute atomic E-state index is 0.140. The van der Waals surface area contributed by atoms with E-state index < -0.39 is 0 Å². The lowest BCUT2D eigenvalue weighted by Crippen LogP contribution is -3.13. The second kappa shape index (κ2) is 8.13. The van der Waals surface area contributed by atoms with Crippen molar-refractivity contribution in [2.75, 3.05) is 25.1 Å². The van der Waals surface area contributed by atoms with Crippen LogP contribution in [0.1, 0.15) is 17.5 Å². The molecule has 0 bridgehead atoms. The molecule has 0 spiro atoms. The second-order valence-corrected chi connectivity index (χ2v) is 7.25. The van der Waals surface area contributed by atoms with Crippen molar-refractivity contribution in [2.45, 2.75) is 19.9 Å². The zero-order chi connectivity index (χ0) is 17.8. The maximum Gasteiger partial charge on any atom is 0.177 e. The van der Waals surface area contributed by atoms with E-state index in [1.165, 1.54) is 11.0 Å². The minimum atomic E-state index is -0.140. The molecule has 0 saturated carbocycles. The van der Waals surface area contributed by atoms with Crippen LogP contribution in [0.4, 0.5) is 10.1 Å². The molecule has 1 saturated heterocycles. The van der Waals surface area contributed by atoms with Crippen molar-refractivity contribution in [1.82, 2.24) is 4.90 Å². The summed E-state index contributed by atoms with van der Waals surface area (Å²) >= 11 is 11.8. The van der Waals surface area contributed by atoms with Gasteiger partial charge in [-0.1, -0.05) is 35.9 Å². The van der Waals surface area contributed by atoms with Gasteiger partial charge >= 0.3 is 0 Å². The summed E-state index contributed by atoms with van der Waals surface area (Å²) in [6, 6.07) is 12.8. The molecule has 3 rings (SSSR count). The van der Waals surface area contributed by atoms with Gasteiger partial charge < -0.3 is 15.1 Å². The number of benzene rings is 2. The van der Waals surface area contributed by atoms with Crippen molar-refractivity contribution in [3.63, 3.8) is 0 Å². The molecule has 25 heavy (non-hydrogen) atoms. The Hall–Kier alpha value is -1.69. The van der Waals surface area contributed by atoms with E-state index in [0.29, 0.717) is 16.7 Å². The first kappa shape index (κ1) is 18.1. The summed E-state index contributed by atoms with van der Waals surface area (Å²) in [5.41, 5.74) is 2.68. The minimum Gasteiger partial charge on any atom is -0.331 e. The zero-order valence-electron chi connectivity index (χ0n) is 14.2. The lowest BCUT2D eigenvalue weighted by Gasteiger charge is -2.34. The average Bonchev–Trinajstić information content (AvgIpc) is 2.60. The SMILES string of the molecule is Cc1ccc(NC(=S)N2CCC[NH+](Cc3ccccc3F)C2)c(Cl)c1. The number of nitrogens with zero attached hydrogens (tertiary/aromatic N) is 1. The molecule has 1 aliphatic heterocycles. The first-order valence-electron chi connectivity index (χ1n) is 8.42. The molecule has 0 amide bonds. The number of aryl methyl sites for hydroxylation is 1. The van der Waals surface area contributed by atoms with Crippen LogP contribution in [-0.2, 0) is 6.54 Å². The Balaban J connectivity index is 1.62. The van der Waals surface area contributed by atoms with Crippen LogP contribution in [-0.4, -0.2) is 29.8 Å². The lowest BCUT2D eigenvalue weighted by molar-refractivity contribution is -0.927. The third kappa shape index (κ3) is 4.69. The molecule has 6 heteroatoms. The summed E-state index contributed by atoms with van der Waals surface area (Å²) in [7, 11) is 0. The molecule has 2 N–H and O–H groups in total. The van der Waals surface area contributed by atoms with Gasteiger partial charge in [-0.3, -0.25) is 0 Å². The lowest BCUT2D eigenvalue weighted by atomic mass is 10.2. The second-order valence-electron chi connectivity index (χ2n) is 6.46. The van der Waals surface area contributed by atoms with Gasteiger partial charge in [-0.15, -0.1) is 0 Å². The Kier molecular flexibility index (Phi) is 5.89. The maximum atomic E-state index is 13.9. The Morgan fingerprint density at radius 3 is 2.88 bits per heavy atom. The average molecular weight is 379 g/mol. The van der Waals surface area contributed by atoms with Crippen molar-refractivity contribution in [3.8, 4) is 0 Å². The van der Waals surface area contributed by atoms with Crippen LogP contribution in [0.2, 0.25) is 5.02 Å². The Labute approximate surface area is 158 Å². The normalized spacial score (nSPS) is 17.4. The van der Waals surface area contributed by atoms with Gasteiger partial charge in [-0.05, 0) is 42.9 Å². The molecule has 1 unspecified atom stereocenters. The number of thiocarbonyl (C=S) groups is 1. The topological polar surface area (TPSA) is 19.7 Å². The molecule has 132 valence electrons. The van der Waals surface area contributed by atoms with Crippen LogP contribution in [0.3, 0.4) is 0 Å². The van der Waals surface area contributed by atoms with Gasteiger partial charge in [0.05, 0.1) is 17.3 Å². The van der Waals surface area contributed by atoms with E-state index >= 15 is 0 Å². The van der Waals surface area contributed by atoms with E-state index in [0.717, 1.165) is 43.0 Å². The fourth-order valence-corrected chi connectivity index (χ4v) is 3.64. The van der Waals surface area contributed by atoms with Gasteiger partial charge in [0, 0.05) is 18.5 Å². The molecule has 1 aliphatic rings. The highest BCUT2D eigenvalue weighted by Gasteiger charge is 2.23. The quantitative estimate of drug-likeness (QED) is 0.800. The standard InChI is InChI=1S/C19H21ClFN3S/c1-14-7-8-18(16(20)11-14)22-19(25)24-10-4-9-23(13-24)12-15-5-2-3-6-17(15)21/h2-3,5-8,11H,4,9-10,12-13H2,1H3,(H,22,25)/p+1. The fourth-order valence-electron chi connectivity index (χ4n) is 3.09. The van der Waals surface area contributed by atoms with E-state index in [1.807, 2.05) is 37.3 Å². The Morgan fingerprint density at radius 1 is 1.32 bits per heavy atom. The van der Waals surface area contributed by atoms with Crippen LogP contribution in [0.25, 0.3) is 0 Å². The Bertz CT molecular complexity index is 768. The van der Waals surface area contributed by atoms with Gasteiger partial charge in [-0.25, -0.2) is 4.39 Å². The van der Waals surface area contributed by atoms with Crippen LogP contribution < -0.4 is 10.2 Å². The number of quaternary nitrogens is 1. The number of hydrogen-bond acceptors (Lipinski definition) is 1. The summed E-state index contributed by atoms with van der Waals surface area (Å²) in [6.45, 7) is 5.33. The smallest absolute Gasteiger partial charge is 0.177 e. The fraction of sp³-hybridized carbons (Fsp3) is 0.316. The van der Waals surface area contributed by atoms with Crippen molar-refractivity contribution in [3.05, 3.63) is 64.4 Å². The predicted octanol–water partition coefficient (Wildman–Crippen LogP) is 3.23. The highest BCUT2D eigenvalue weighted by atomic mass is 35.5. The van der Waals surface area contributed by atoms with Crippen molar-refractivity contribution < 1.29 is 9.29 Å². The number of halogens is 2. The summed E-state index contributed by atoms with van der Waals surface area (Å²) in [4.78, 5) is 3.43. The van der Waals surface area contributed by atoms with Crippen LogP contribution >= 0.6 is 23.8 Å². The van der Waals surface area contributed by atoms with E-state index in [2.05, 4.69) is 10.2 Å². The monoisotopic (exact) mass is 378 g/mol. The van der Waals surface area contributed by atoms with Gasteiger partial charge in [0.15, 0.2) is 11.8 Å². The van der Waals surface area contributed by atoms with Crippen molar-refractivity contribution in [2.24, 2.45) is 0 Å². The van der Waals surface area contributed by atoms with E-state index in [1.54, 1.807) is 6.07 Å². The van der Waals surface area contributed by atoms with E-state index in [-0.39, 0.29) is 5.82 Å². The van der Waals surface area contributed by atoms with Crippen LogP contribution in [0.5, 0.6) is 0 Å². The van der Waals surface area contributed by atoms with Gasteiger partial charge in [0.1, 0.15) is 12.4 Å². The van der Waals surface area contributed by atoms with E-state index in [9.17, 15) is 4.39 Å². The van der Waals surface area contributed by atoms with Crippen LogP contribution in [0, 0.1) is 12.7 Å². The highest BCUT2D eigenvalue weighted by molar-refractivity contribution is 7.80.